The number of anilines is 1. The molecule has 4 bridgehead atoms. The predicted octanol–water partition coefficient (Wildman–Crippen LogP) is 3.47. The lowest BCUT2D eigenvalue weighted by molar-refractivity contribution is -0.0503. The molecule has 4 aliphatic carbocycles. The van der Waals surface area contributed by atoms with Crippen LogP contribution in [0.5, 0.6) is 0 Å². The summed E-state index contributed by atoms with van der Waals surface area (Å²) in [5, 5.41) is 6.07. The first-order valence-electron chi connectivity index (χ1n) is 10.5. The second-order valence-electron chi connectivity index (χ2n) is 9.49. The van der Waals surface area contributed by atoms with Crippen molar-refractivity contribution in [2.24, 2.45) is 23.2 Å². The third kappa shape index (κ3) is 3.01. The van der Waals surface area contributed by atoms with Gasteiger partial charge in [0.2, 0.25) is 0 Å². The SMILES string of the molecule is Cc1cc(C(=O)NCC23CC4CC(CC(C4)C2)C3)ccc1N1CCNC1=O. The lowest BCUT2D eigenvalue weighted by Gasteiger charge is -2.56. The molecule has 0 atom stereocenters. The number of carbonyl (C=O) groups is 2. The van der Waals surface area contributed by atoms with Gasteiger partial charge < -0.3 is 10.6 Å². The normalized spacial score (nSPS) is 34.0. The van der Waals surface area contributed by atoms with Gasteiger partial charge in [-0.2, -0.15) is 0 Å². The molecular weight excluding hydrogens is 338 g/mol. The smallest absolute Gasteiger partial charge is 0.322 e. The predicted molar refractivity (Wildman–Crippen MR) is 105 cm³/mol. The number of nitrogens with zero attached hydrogens (tertiary/aromatic N) is 1. The number of amides is 3. The zero-order chi connectivity index (χ0) is 18.6. The van der Waals surface area contributed by atoms with E-state index in [0.29, 0.717) is 24.1 Å². The number of hydrogen-bond acceptors (Lipinski definition) is 2. The van der Waals surface area contributed by atoms with E-state index in [4.69, 9.17) is 0 Å². The maximum atomic E-state index is 12.8. The van der Waals surface area contributed by atoms with E-state index in [1.54, 1.807) is 4.90 Å². The molecule has 1 aromatic rings. The van der Waals surface area contributed by atoms with Crippen LogP contribution in [-0.2, 0) is 0 Å². The molecule has 5 fully saturated rings. The van der Waals surface area contributed by atoms with E-state index in [1.165, 1.54) is 38.5 Å². The average Bonchev–Trinajstić information content (AvgIpc) is 3.04. The monoisotopic (exact) mass is 367 g/mol. The van der Waals surface area contributed by atoms with E-state index in [2.05, 4.69) is 10.6 Å². The van der Waals surface area contributed by atoms with Gasteiger partial charge in [0.05, 0.1) is 0 Å². The second kappa shape index (κ2) is 6.25. The molecular formula is C22H29N3O2. The lowest BCUT2D eigenvalue weighted by atomic mass is 9.49. The highest BCUT2D eigenvalue weighted by Gasteiger charge is 2.50. The molecule has 2 N–H and O–H groups in total. The molecule has 6 rings (SSSR count). The fourth-order valence-electron chi connectivity index (χ4n) is 6.68. The summed E-state index contributed by atoms with van der Waals surface area (Å²) in [5.41, 5.74) is 2.91. The van der Waals surface area contributed by atoms with Crippen LogP contribution in [0.3, 0.4) is 0 Å². The van der Waals surface area contributed by atoms with Gasteiger partial charge in [-0.3, -0.25) is 9.69 Å². The third-order valence-electron chi connectivity index (χ3n) is 7.40. The Balaban J connectivity index is 1.26. The molecule has 4 saturated carbocycles. The van der Waals surface area contributed by atoms with Crippen molar-refractivity contribution >= 4 is 17.6 Å². The van der Waals surface area contributed by atoms with Crippen LogP contribution in [0.1, 0.15) is 54.4 Å². The van der Waals surface area contributed by atoms with Crippen LogP contribution in [0.2, 0.25) is 0 Å². The first kappa shape index (κ1) is 17.1. The number of nitrogens with one attached hydrogen (secondary N) is 2. The van der Waals surface area contributed by atoms with Crippen molar-refractivity contribution in [1.82, 2.24) is 10.6 Å². The van der Waals surface area contributed by atoms with E-state index in [-0.39, 0.29) is 11.9 Å². The number of hydrogen-bond donors (Lipinski definition) is 2. The number of carbonyl (C=O) groups excluding carboxylic acids is 2. The highest BCUT2D eigenvalue weighted by molar-refractivity contribution is 5.97. The van der Waals surface area contributed by atoms with Crippen molar-refractivity contribution < 1.29 is 9.59 Å². The quantitative estimate of drug-likeness (QED) is 0.856. The largest absolute Gasteiger partial charge is 0.351 e. The van der Waals surface area contributed by atoms with Gasteiger partial charge in [0, 0.05) is 30.9 Å². The lowest BCUT2D eigenvalue weighted by Crippen LogP contribution is -2.51. The maximum absolute atomic E-state index is 12.8. The molecule has 144 valence electrons. The summed E-state index contributed by atoms with van der Waals surface area (Å²) in [6.45, 7) is 4.14. The van der Waals surface area contributed by atoms with E-state index in [1.807, 2.05) is 25.1 Å². The number of urea groups is 1. The Labute approximate surface area is 160 Å². The van der Waals surface area contributed by atoms with Crippen molar-refractivity contribution in [3.8, 4) is 0 Å². The minimum Gasteiger partial charge on any atom is -0.351 e. The molecule has 5 heteroatoms. The molecule has 3 amide bonds. The van der Waals surface area contributed by atoms with Crippen molar-refractivity contribution in [3.63, 3.8) is 0 Å². The summed E-state index contributed by atoms with van der Waals surface area (Å²) in [4.78, 5) is 26.4. The van der Waals surface area contributed by atoms with Gasteiger partial charge in [-0.05, 0) is 92.4 Å². The molecule has 0 unspecified atom stereocenters. The Morgan fingerprint density at radius 2 is 1.85 bits per heavy atom. The van der Waals surface area contributed by atoms with Gasteiger partial charge in [0.15, 0.2) is 0 Å². The fourth-order valence-corrected chi connectivity index (χ4v) is 6.68. The van der Waals surface area contributed by atoms with Gasteiger partial charge >= 0.3 is 6.03 Å². The van der Waals surface area contributed by atoms with Gasteiger partial charge in [-0.25, -0.2) is 4.79 Å². The summed E-state index contributed by atoms with van der Waals surface area (Å²) < 4.78 is 0. The topological polar surface area (TPSA) is 61.4 Å². The van der Waals surface area contributed by atoms with Crippen LogP contribution < -0.4 is 15.5 Å². The van der Waals surface area contributed by atoms with E-state index in [0.717, 1.165) is 35.5 Å². The minimum atomic E-state index is -0.0582. The Morgan fingerprint density at radius 3 is 2.41 bits per heavy atom. The molecule has 5 aliphatic rings. The maximum Gasteiger partial charge on any atom is 0.322 e. The third-order valence-corrected chi connectivity index (χ3v) is 7.40. The number of benzene rings is 1. The standard InChI is InChI=1S/C22H29N3O2/c1-14-6-18(2-3-19(14)25-5-4-23-21(25)27)20(26)24-13-22-10-15-7-16(11-22)9-17(8-15)12-22/h2-3,6,15-17H,4-5,7-13H2,1H3,(H,23,27)(H,24,26). The van der Waals surface area contributed by atoms with Crippen LogP contribution in [0.4, 0.5) is 10.5 Å². The van der Waals surface area contributed by atoms with E-state index in [9.17, 15) is 9.59 Å². The second-order valence-corrected chi connectivity index (χ2v) is 9.49. The number of rotatable bonds is 4. The van der Waals surface area contributed by atoms with Crippen LogP contribution in [0, 0.1) is 30.1 Å². The summed E-state index contributed by atoms with van der Waals surface area (Å²) in [7, 11) is 0. The molecule has 1 saturated heterocycles. The summed E-state index contributed by atoms with van der Waals surface area (Å²) >= 11 is 0. The van der Waals surface area contributed by atoms with Crippen LogP contribution in [0.25, 0.3) is 0 Å². The first-order chi connectivity index (χ1) is 13.0. The van der Waals surface area contributed by atoms with E-state index >= 15 is 0 Å². The zero-order valence-corrected chi connectivity index (χ0v) is 16.1. The van der Waals surface area contributed by atoms with Gasteiger partial charge in [0.1, 0.15) is 0 Å². The molecule has 5 nitrogen and oxygen atoms in total. The Morgan fingerprint density at radius 1 is 1.19 bits per heavy atom. The zero-order valence-electron chi connectivity index (χ0n) is 16.1. The molecule has 0 aromatic heterocycles. The van der Waals surface area contributed by atoms with Crippen molar-refractivity contribution in [2.75, 3.05) is 24.5 Å². The molecule has 1 aliphatic heterocycles. The van der Waals surface area contributed by atoms with Crippen molar-refractivity contribution in [2.45, 2.75) is 45.4 Å². The number of aryl methyl sites for hydroxylation is 1. The van der Waals surface area contributed by atoms with Gasteiger partial charge in [-0.1, -0.05) is 0 Å². The van der Waals surface area contributed by atoms with Gasteiger partial charge in [-0.15, -0.1) is 0 Å². The summed E-state index contributed by atoms with van der Waals surface area (Å²) in [6, 6.07) is 5.61. The van der Waals surface area contributed by atoms with Crippen molar-refractivity contribution in [3.05, 3.63) is 29.3 Å². The Bertz CT molecular complexity index is 752. The molecule has 0 radical (unpaired) electrons. The molecule has 1 aromatic carbocycles. The van der Waals surface area contributed by atoms with Crippen molar-refractivity contribution in [1.29, 1.82) is 0 Å². The van der Waals surface area contributed by atoms with E-state index < -0.39 is 0 Å². The fraction of sp³-hybridized carbons (Fsp3) is 0.636. The Hall–Kier alpha value is -2.04. The summed E-state index contributed by atoms with van der Waals surface area (Å²) in [6.07, 6.45) is 8.21. The molecule has 0 spiro atoms. The van der Waals surface area contributed by atoms with Gasteiger partial charge in [0.25, 0.3) is 5.91 Å². The van der Waals surface area contributed by atoms with Crippen LogP contribution >= 0.6 is 0 Å². The average molecular weight is 367 g/mol. The summed E-state index contributed by atoms with van der Waals surface area (Å²) in [5.74, 6) is 2.73. The first-order valence-corrected chi connectivity index (χ1v) is 10.5. The molecule has 1 heterocycles. The Kier molecular flexibility index (Phi) is 3.95. The highest BCUT2D eigenvalue weighted by atomic mass is 16.2. The highest BCUT2D eigenvalue weighted by Crippen LogP contribution is 2.59. The molecule has 27 heavy (non-hydrogen) atoms. The van der Waals surface area contributed by atoms with Crippen LogP contribution in [-0.4, -0.2) is 31.6 Å². The minimum absolute atomic E-state index is 0.0197. The van der Waals surface area contributed by atoms with Crippen LogP contribution in [0.15, 0.2) is 18.2 Å².